The lowest BCUT2D eigenvalue weighted by molar-refractivity contribution is 0.210. The van der Waals surface area contributed by atoms with Gasteiger partial charge in [0.05, 0.1) is 7.11 Å². The van der Waals surface area contributed by atoms with E-state index in [1.165, 1.54) is 0 Å². The maximum Gasteiger partial charge on any atom is 0.161 e. The number of nitrogens with zero attached hydrogens (tertiary/aromatic N) is 1. The number of anilines is 1. The Labute approximate surface area is 166 Å². The number of rotatable bonds is 9. The van der Waals surface area contributed by atoms with Gasteiger partial charge in [0.1, 0.15) is 24.8 Å². The highest BCUT2D eigenvalue weighted by molar-refractivity contribution is 5.44. The van der Waals surface area contributed by atoms with Crippen LogP contribution in [0.25, 0.3) is 0 Å². The lowest BCUT2D eigenvalue weighted by atomic mass is 10.1. The number of ether oxygens (including phenoxy) is 3. The molecule has 0 aliphatic rings. The van der Waals surface area contributed by atoms with Gasteiger partial charge in [-0.15, -0.1) is 0 Å². The summed E-state index contributed by atoms with van der Waals surface area (Å²) < 4.78 is 17.2. The van der Waals surface area contributed by atoms with Crippen LogP contribution in [0.2, 0.25) is 0 Å². The van der Waals surface area contributed by atoms with E-state index in [-0.39, 0.29) is 0 Å². The number of para-hydroxylation sites is 1. The SMILES string of the molecule is COc1cc(CNc2ccccn2)ccc1OCCOc1c(C)cccc1C. The molecule has 3 rings (SSSR count). The van der Waals surface area contributed by atoms with Crippen LogP contribution in [0.15, 0.2) is 60.8 Å². The zero-order valence-electron chi connectivity index (χ0n) is 16.6. The van der Waals surface area contributed by atoms with E-state index >= 15 is 0 Å². The molecule has 0 spiro atoms. The van der Waals surface area contributed by atoms with Crippen molar-refractivity contribution in [3.8, 4) is 17.2 Å². The van der Waals surface area contributed by atoms with Gasteiger partial charge in [0.25, 0.3) is 0 Å². The number of pyridine rings is 1. The Morgan fingerprint density at radius 3 is 2.36 bits per heavy atom. The van der Waals surface area contributed by atoms with Gasteiger partial charge < -0.3 is 19.5 Å². The molecule has 1 aromatic heterocycles. The normalized spacial score (nSPS) is 10.4. The predicted octanol–water partition coefficient (Wildman–Crippen LogP) is 4.78. The van der Waals surface area contributed by atoms with Crippen molar-refractivity contribution in [1.29, 1.82) is 0 Å². The highest BCUT2D eigenvalue weighted by Crippen LogP contribution is 2.28. The third-order valence-corrected chi connectivity index (χ3v) is 4.36. The molecule has 0 amide bonds. The minimum absolute atomic E-state index is 0.440. The van der Waals surface area contributed by atoms with Crippen LogP contribution in [-0.4, -0.2) is 25.3 Å². The van der Waals surface area contributed by atoms with Crippen LogP contribution in [0.3, 0.4) is 0 Å². The van der Waals surface area contributed by atoms with Crippen molar-refractivity contribution in [3.05, 3.63) is 77.5 Å². The van der Waals surface area contributed by atoms with Crippen molar-refractivity contribution < 1.29 is 14.2 Å². The van der Waals surface area contributed by atoms with Crippen molar-refractivity contribution >= 4 is 5.82 Å². The summed E-state index contributed by atoms with van der Waals surface area (Å²) in [5, 5.41) is 3.29. The van der Waals surface area contributed by atoms with Crippen molar-refractivity contribution in [1.82, 2.24) is 4.98 Å². The molecular formula is C23H26N2O3. The summed E-state index contributed by atoms with van der Waals surface area (Å²) >= 11 is 0. The molecule has 0 unspecified atom stereocenters. The predicted molar refractivity (Wildman–Crippen MR) is 111 cm³/mol. The van der Waals surface area contributed by atoms with Gasteiger partial charge in [-0.2, -0.15) is 0 Å². The van der Waals surface area contributed by atoms with Crippen LogP contribution in [-0.2, 0) is 6.54 Å². The molecule has 1 N–H and O–H groups in total. The van der Waals surface area contributed by atoms with E-state index in [1.807, 2.05) is 68.4 Å². The second kappa shape index (κ2) is 9.65. The summed E-state index contributed by atoms with van der Waals surface area (Å²) in [4.78, 5) is 4.26. The Balaban J connectivity index is 1.54. The minimum Gasteiger partial charge on any atom is -0.493 e. The lowest BCUT2D eigenvalue weighted by Gasteiger charge is -2.15. The Morgan fingerprint density at radius 1 is 0.857 bits per heavy atom. The molecule has 5 heteroatoms. The maximum absolute atomic E-state index is 5.89. The number of hydrogen-bond donors (Lipinski definition) is 1. The molecule has 146 valence electrons. The summed E-state index contributed by atoms with van der Waals surface area (Å²) in [6, 6.07) is 17.8. The van der Waals surface area contributed by atoms with Crippen LogP contribution in [0.5, 0.6) is 17.2 Å². The second-order valence-corrected chi connectivity index (χ2v) is 6.47. The Kier molecular flexibility index (Phi) is 6.73. The average Bonchev–Trinajstić information content (AvgIpc) is 2.72. The van der Waals surface area contributed by atoms with Gasteiger partial charge in [0, 0.05) is 12.7 Å². The molecule has 0 bridgehead atoms. The standard InChI is InChI=1S/C23H26N2O3/c1-17-7-6-8-18(2)23(17)28-14-13-27-20-11-10-19(15-21(20)26-3)16-25-22-9-4-5-12-24-22/h4-12,15H,13-14,16H2,1-3H3,(H,24,25). The van der Waals surface area contributed by atoms with Gasteiger partial charge in [0.15, 0.2) is 11.5 Å². The van der Waals surface area contributed by atoms with E-state index in [1.54, 1.807) is 13.3 Å². The summed E-state index contributed by atoms with van der Waals surface area (Å²) in [6.07, 6.45) is 1.76. The van der Waals surface area contributed by atoms with Crippen LogP contribution in [0, 0.1) is 13.8 Å². The van der Waals surface area contributed by atoms with Gasteiger partial charge in [-0.1, -0.05) is 30.3 Å². The first kappa shape index (κ1) is 19.5. The maximum atomic E-state index is 5.89. The third-order valence-electron chi connectivity index (χ3n) is 4.36. The highest BCUT2D eigenvalue weighted by Gasteiger charge is 2.07. The first-order chi connectivity index (χ1) is 13.7. The molecule has 0 fully saturated rings. The van der Waals surface area contributed by atoms with Crippen molar-refractivity contribution in [2.75, 3.05) is 25.6 Å². The van der Waals surface area contributed by atoms with Gasteiger partial charge in [-0.05, 0) is 54.8 Å². The van der Waals surface area contributed by atoms with Crippen LogP contribution < -0.4 is 19.5 Å². The van der Waals surface area contributed by atoms with E-state index < -0.39 is 0 Å². The fourth-order valence-corrected chi connectivity index (χ4v) is 2.92. The lowest BCUT2D eigenvalue weighted by Crippen LogP contribution is -2.11. The topological polar surface area (TPSA) is 52.6 Å². The van der Waals surface area contributed by atoms with E-state index in [9.17, 15) is 0 Å². The highest BCUT2D eigenvalue weighted by atomic mass is 16.5. The summed E-state index contributed by atoms with van der Waals surface area (Å²) in [6.45, 7) is 5.66. The molecule has 0 radical (unpaired) electrons. The fourth-order valence-electron chi connectivity index (χ4n) is 2.92. The molecule has 28 heavy (non-hydrogen) atoms. The zero-order valence-corrected chi connectivity index (χ0v) is 16.6. The number of aryl methyl sites for hydroxylation is 2. The number of methoxy groups -OCH3 is 1. The number of benzene rings is 2. The number of nitrogens with one attached hydrogen (secondary N) is 1. The summed E-state index contributed by atoms with van der Waals surface area (Å²) in [7, 11) is 1.64. The summed E-state index contributed by atoms with van der Waals surface area (Å²) in [5.41, 5.74) is 3.34. The van der Waals surface area contributed by atoms with Gasteiger partial charge in [-0.25, -0.2) is 4.98 Å². The van der Waals surface area contributed by atoms with Crippen LogP contribution >= 0.6 is 0 Å². The van der Waals surface area contributed by atoms with Crippen molar-refractivity contribution in [2.45, 2.75) is 20.4 Å². The molecule has 2 aromatic carbocycles. The number of aromatic nitrogens is 1. The molecule has 5 nitrogen and oxygen atoms in total. The first-order valence-corrected chi connectivity index (χ1v) is 9.31. The quantitative estimate of drug-likeness (QED) is 0.543. The zero-order chi connectivity index (χ0) is 19.8. The molecule has 0 aliphatic carbocycles. The molecule has 3 aromatic rings. The van der Waals surface area contributed by atoms with Crippen molar-refractivity contribution in [3.63, 3.8) is 0 Å². The second-order valence-electron chi connectivity index (χ2n) is 6.47. The molecule has 0 atom stereocenters. The number of hydrogen-bond acceptors (Lipinski definition) is 5. The van der Waals surface area contributed by atoms with Gasteiger partial charge in [0.2, 0.25) is 0 Å². The molecule has 0 saturated carbocycles. The summed E-state index contributed by atoms with van der Waals surface area (Å²) in [5.74, 6) is 3.17. The first-order valence-electron chi connectivity index (χ1n) is 9.31. The average molecular weight is 378 g/mol. The van der Waals surface area contributed by atoms with Gasteiger partial charge >= 0.3 is 0 Å². The third kappa shape index (κ3) is 5.16. The van der Waals surface area contributed by atoms with E-state index in [2.05, 4.69) is 10.3 Å². The van der Waals surface area contributed by atoms with Crippen LogP contribution in [0.1, 0.15) is 16.7 Å². The minimum atomic E-state index is 0.440. The van der Waals surface area contributed by atoms with E-state index in [0.717, 1.165) is 28.3 Å². The van der Waals surface area contributed by atoms with E-state index in [0.29, 0.717) is 31.3 Å². The monoisotopic (exact) mass is 378 g/mol. The largest absolute Gasteiger partial charge is 0.493 e. The molecule has 1 heterocycles. The Hall–Kier alpha value is -3.21. The molecule has 0 saturated heterocycles. The molecule has 0 aliphatic heterocycles. The van der Waals surface area contributed by atoms with Crippen molar-refractivity contribution in [2.24, 2.45) is 0 Å². The Morgan fingerprint density at radius 2 is 1.64 bits per heavy atom. The Bertz CT molecular complexity index is 877. The van der Waals surface area contributed by atoms with Gasteiger partial charge in [-0.3, -0.25) is 0 Å². The fraction of sp³-hybridized carbons (Fsp3) is 0.261. The van der Waals surface area contributed by atoms with Crippen LogP contribution in [0.4, 0.5) is 5.82 Å². The van der Waals surface area contributed by atoms with E-state index in [4.69, 9.17) is 14.2 Å². The molecular weight excluding hydrogens is 352 g/mol. The smallest absolute Gasteiger partial charge is 0.161 e.